The van der Waals surface area contributed by atoms with Gasteiger partial charge in [0.05, 0.1) is 36.4 Å². The first-order valence-corrected chi connectivity index (χ1v) is 15.7. The number of aryl methyl sites for hydroxylation is 1. The maximum atomic E-state index is 6.40. The number of likely N-dealkylation sites (tertiary alicyclic amines) is 1. The average Bonchev–Trinajstić information content (AvgIpc) is 3.61. The van der Waals surface area contributed by atoms with E-state index in [0.717, 1.165) is 97.5 Å². The second kappa shape index (κ2) is 11.5. The molecule has 0 unspecified atom stereocenters. The van der Waals surface area contributed by atoms with Crippen LogP contribution in [0.4, 0.5) is 0 Å². The highest BCUT2D eigenvalue weighted by Gasteiger charge is 2.30. The SMILES string of the molecule is Cc1nnc(-c2cc3nc(CN4CCC(c5cccc6c5OC[C@@H](c5ccc(Cl)cc5)O6)CC4)n(C[C@@H]4CCO4)c3cn2)[nH]1. The minimum absolute atomic E-state index is 0.146. The molecule has 8 rings (SSSR count). The zero-order chi connectivity index (χ0) is 29.6. The molecule has 226 valence electrons. The monoisotopic (exact) mass is 611 g/mol. The fourth-order valence-corrected chi connectivity index (χ4v) is 6.64. The van der Waals surface area contributed by atoms with E-state index in [-0.39, 0.29) is 12.2 Å². The first-order valence-electron chi connectivity index (χ1n) is 15.3. The second-order valence-corrected chi connectivity index (χ2v) is 12.4. The Labute approximate surface area is 260 Å². The number of imidazole rings is 1. The Balaban J connectivity index is 0.977. The standard InChI is InChI=1S/C33H34ClN7O3/c1-20-36-33(39-38-20)27-15-26-28(16-35-27)41(17-24-11-14-42-24)31(37-26)18-40-12-9-21(10-13-40)25-3-2-4-29-32(25)43-19-30(44-29)22-5-7-23(34)8-6-22/h2-8,15-16,21,24,30H,9-14,17-19H2,1H3,(H,36,38,39)/t24-,30-/m0/s1. The lowest BCUT2D eigenvalue weighted by Gasteiger charge is -2.35. The predicted molar refractivity (Wildman–Crippen MR) is 166 cm³/mol. The second-order valence-electron chi connectivity index (χ2n) is 11.9. The van der Waals surface area contributed by atoms with Gasteiger partial charge in [-0.2, -0.15) is 0 Å². The summed E-state index contributed by atoms with van der Waals surface area (Å²) in [5.41, 5.74) is 4.99. The van der Waals surface area contributed by atoms with E-state index >= 15 is 0 Å². The van der Waals surface area contributed by atoms with Gasteiger partial charge in [-0.1, -0.05) is 35.9 Å². The van der Waals surface area contributed by atoms with Gasteiger partial charge in [-0.3, -0.25) is 9.88 Å². The molecule has 0 bridgehead atoms. The summed E-state index contributed by atoms with van der Waals surface area (Å²) in [6.45, 7) is 6.72. The van der Waals surface area contributed by atoms with Crippen molar-refractivity contribution >= 4 is 22.6 Å². The van der Waals surface area contributed by atoms with E-state index in [2.05, 4.69) is 41.8 Å². The molecule has 10 nitrogen and oxygen atoms in total. The van der Waals surface area contributed by atoms with Crippen LogP contribution in [0.1, 0.15) is 54.1 Å². The summed E-state index contributed by atoms with van der Waals surface area (Å²) in [6.07, 6.45) is 5.14. The van der Waals surface area contributed by atoms with Crippen LogP contribution in [0.2, 0.25) is 5.02 Å². The fourth-order valence-electron chi connectivity index (χ4n) is 6.51. The average molecular weight is 612 g/mol. The Morgan fingerprint density at radius 1 is 1.05 bits per heavy atom. The molecule has 0 spiro atoms. The molecule has 3 aliphatic rings. The number of piperidine rings is 1. The molecular formula is C33H34ClN7O3. The number of halogens is 1. The normalized spacial score (nSPS) is 20.6. The summed E-state index contributed by atoms with van der Waals surface area (Å²) in [4.78, 5) is 15.5. The van der Waals surface area contributed by atoms with Gasteiger partial charge in [0, 0.05) is 17.2 Å². The summed E-state index contributed by atoms with van der Waals surface area (Å²) < 4.78 is 20.9. The van der Waals surface area contributed by atoms with Crippen LogP contribution in [0.25, 0.3) is 22.6 Å². The third-order valence-corrected chi connectivity index (χ3v) is 9.28. The number of nitrogens with zero attached hydrogens (tertiary/aromatic N) is 6. The number of hydrogen-bond acceptors (Lipinski definition) is 8. The Morgan fingerprint density at radius 3 is 2.64 bits per heavy atom. The minimum Gasteiger partial charge on any atom is -0.485 e. The van der Waals surface area contributed by atoms with Crippen molar-refractivity contribution in [1.82, 2.24) is 34.6 Å². The van der Waals surface area contributed by atoms with Crippen LogP contribution in [0, 0.1) is 6.92 Å². The van der Waals surface area contributed by atoms with E-state index in [1.54, 1.807) is 0 Å². The lowest BCUT2D eigenvalue weighted by molar-refractivity contribution is -0.0592. The minimum atomic E-state index is -0.146. The third-order valence-electron chi connectivity index (χ3n) is 9.03. The maximum Gasteiger partial charge on any atom is 0.180 e. The number of aromatic nitrogens is 6. The van der Waals surface area contributed by atoms with Crippen molar-refractivity contribution < 1.29 is 14.2 Å². The van der Waals surface area contributed by atoms with E-state index in [1.165, 1.54) is 5.56 Å². The van der Waals surface area contributed by atoms with Crippen LogP contribution < -0.4 is 9.47 Å². The molecule has 11 heteroatoms. The lowest BCUT2D eigenvalue weighted by atomic mass is 9.88. The zero-order valence-electron chi connectivity index (χ0n) is 24.6. The van der Waals surface area contributed by atoms with Crippen molar-refractivity contribution in [3.63, 3.8) is 0 Å². The smallest absolute Gasteiger partial charge is 0.180 e. The summed E-state index contributed by atoms with van der Waals surface area (Å²) >= 11 is 6.08. The van der Waals surface area contributed by atoms with Crippen molar-refractivity contribution in [2.24, 2.45) is 0 Å². The van der Waals surface area contributed by atoms with Crippen LogP contribution in [0.15, 0.2) is 54.7 Å². The van der Waals surface area contributed by atoms with Crippen molar-refractivity contribution in [2.45, 2.75) is 57.4 Å². The molecule has 3 aliphatic heterocycles. The molecule has 0 radical (unpaired) electrons. The molecule has 2 fully saturated rings. The Hall–Kier alpha value is -3.99. The summed E-state index contributed by atoms with van der Waals surface area (Å²) in [6, 6.07) is 16.1. The molecule has 0 aliphatic carbocycles. The molecule has 2 atom stereocenters. The van der Waals surface area contributed by atoms with Crippen LogP contribution in [-0.4, -0.2) is 67.0 Å². The third kappa shape index (κ3) is 5.31. The molecule has 1 N–H and O–H groups in total. The van der Waals surface area contributed by atoms with E-state index in [4.69, 9.17) is 30.8 Å². The van der Waals surface area contributed by atoms with Gasteiger partial charge in [-0.05, 0) is 75.0 Å². The zero-order valence-corrected chi connectivity index (χ0v) is 25.3. The van der Waals surface area contributed by atoms with E-state index < -0.39 is 0 Å². The number of ether oxygens (including phenoxy) is 3. The fraction of sp³-hybridized carbons (Fsp3) is 0.394. The molecular weight excluding hydrogens is 578 g/mol. The van der Waals surface area contributed by atoms with Gasteiger partial charge >= 0.3 is 0 Å². The van der Waals surface area contributed by atoms with Crippen molar-refractivity contribution in [3.05, 3.63) is 82.5 Å². The van der Waals surface area contributed by atoms with Crippen LogP contribution in [0.5, 0.6) is 11.5 Å². The number of fused-ring (bicyclic) bond motifs is 2. The van der Waals surface area contributed by atoms with Gasteiger partial charge in [0.25, 0.3) is 0 Å². The van der Waals surface area contributed by atoms with E-state index in [0.29, 0.717) is 23.4 Å². The number of benzene rings is 2. The summed E-state index contributed by atoms with van der Waals surface area (Å²) in [5.74, 6) is 4.58. The Bertz CT molecular complexity index is 1790. The van der Waals surface area contributed by atoms with Crippen LogP contribution >= 0.6 is 11.6 Å². The number of H-pyrrole nitrogens is 1. The molecule has 2 saturated heterocycles. The number of rotatable bonds is 7. The molecule has 3 aromatic heterocycles. The van der Waals surface area contributed by atoms with Crippen molar-refractivity contribution in [3.8, 4) is 23.0 Å². The van der Waals surface area contributed by atoms with Gasteiger partial charge in [-0.15, -0.1) is 10.2 Å². The van der Waals surface area contributed by atoms with Gasteiger partial charge < -0.3 is 23.8 Å². The van der Waals surface area contributed by atoms with Crippen molar-refractivity contribution in [2.75, 3.05) is 26.3 Å². The summed E-state index contributed by atoms with van der Waals surface area (Å²) in [7, 11) is 0. The lowest BCUT2D eigenvalue weighted by Crippen LogP contribution is -2.35. The Kier molecular flexibility index (Phi) is 7.20. The highest BCUT2D eigenvalue weighted by molar-refractivity contribution is 6.30. The summed E-state index contributed by atoms with van der Waals surface area (Å²) in [5, 5.41) is 9.02. The van der Waals surface area contributed by atoms with Gasteiger partial charge in [-0.25, -0.2) is 4.98 Å². The predicted octanol–water partition coefficient (Wildman–Crippen LogP) is 5.86. The Morgan fingerprint density at radius 2 is 1.89 bits per heavy atom. The molecule has 2 aromatic carbocycles. The van der Waals surface area contributed by atoms with E-state index in [1.807, 2.05) is 49.5 Å². The molecule has 44 heavy (non-hydrogen) atoms. The largest absolute Gasteiger partial charge is 0.485 e. The van der Waals surface area contributed by atoms with Gasteiger partial charge in [0.15, 0.2) is 23.4 Å². The molecule has 6 heterocycles. The quantitative estimate of drug-likeness (QED) is 0.244. The van der Waals surface area contributed by atoms with Crippen LogP contribution in [0.3, 0.4) is 0 Å². The number of aromatic amines is 1. The molecule has 0 amide bonds. The topological polar surface area (TPSA) is 103 Å². The van der Waals surface area contributed by atoms with Gasteiger partial charge in [0.2, 0.25) is 0 Å². The molecule has 5 aromatic rings. The highest BCUT2D eigenvalue weighted by atomic mass is 35.5. The number of nitrogens with one attached hydrogen (secondary N) is 1. The first kappa shape index (κ1) is 27.6. The number of para-hydroxylation sites is 1. The van der Waals surface area contributed by atoms with E-state index in [9.17, 15) is 0 Å². The van der Waals surface area contributed by atoms with Crippen molar-refractivity contribution in [1.29, 1.82) is 0 Å². The number of hydrogen-bond donors (Lipinski definition) is 1. The van der Waals surface area contributed by atoms with Gasteiger partial charge in [0.1, 0.15) is 23.9 Å². The van der Waals surface area contributed by atoms with Crippen LogP contribution in [-0.2, 0) is 17.8 Å². The maximum absolute atomic E-state index is 6.40. The highest BCUT2D eigenvalue weighted by Crippen LogP contribution is 2.44. The first-order chi connectivity index (χ1) is 21.6. The number of pyridine rings is 1. The molecule has 0 saturated carbocycles.